The van der Waals surface area contributed by atoms with Crippen LogP contribution in [-0.2, 0) is 9.53 Å². The average Bonchev–Trinajstić information content (AvgIpc) is 2.16. The Morgan fingerprint density at radius 3 is 2.38 bits per heavy atom. The molecule has 0 spiro atoms. The van der Waals surface area contributed by atoms with Gasteiger partial charge < -0.3 is 15.4 Å². The topological polar surface area (TPSA) is 55.6 Å². The van der Waals surface area contributed by atoms with Gasteiger partial charge in [-0.1, -0.05) is 13.8 Å². The van der Waals surface area contributed by atoms with E-state index in [1.165, 1.54) is 0 Å². The number of hydrogen-bond donors (Lipinski definition) is 1. The molecule has 1 fully saturated rings. The highest BCUT2D eigenvalue weighted by molar-refractivity contribution is 5.86. The molecule has 2 N–H and O–H groups in total. The number of carbonyl (C=O) groups excluding carboxylic acids is 1. The molecule has 1 aliphatic heterocycles. The van der Waals surface area contributed by atoms with Crippen molar-refractivity contribution in [1.29, 1.82) is 0 Å². The molecule has 16 heavy (non-hydrogen) atoms. The molecule has 0 aromatic heterocycles. The van der Waals surface area contributed by atoms with Crippen LogP contribution in [0.1, 0.15) is 26.7 Å². The second-order valence-corrected chi connectivity index (χ2v) is 4.85. The normalized spacial score (nSPS) is 19.1. The molecular formula is C11H23ClN2O2. The largest absolute Gasteiger partial charge is 0.381 e. The molecule has 0 saturated carbocycles. The van der Waals surface area contributed by atoms with Crippen LogP contribution in [0.15, 0.2) is 0 Å². The first kappa shape index (κ1) is 15.7. The minimum absolute atomic E-state index is 0. The van der Waals surface area contributed by atoms with E-state index in [1.807, 2.05) is 7.05 Å². The van der Waals surface area contributed by atoms with Crippen LogP contribution in [0.3, 0.4) is 0 Å². The summed E-state index contributed by atoms with van der Waals surface area (Å²) in [5.41, 5.74) is 5.42. The van der Waals surface area contributed by atoms with E-state index in [0.717, 1.165) is 6.54 Å². The van der Waals surface area contributed by atoms with Crippen LogP contribution in [0.4, 0.5) is 0 Å². The first-order chi connectivity index (χ1) is 6.96. The van der Waals surface area contributed by atoms with Crippen molar-refractivity contribution < 1.29 is 9.53 Å². The van der Waals surface area contributed by atoms with Gasteiger partial charge in [0.2, 0.25) is 5.91 Å². The number of nitrogens with two attached hydrogens (primary N) is 1. The molecule has 1 saturated heterocycles. The van der Waals surface area contributed by atoms with E-state index in [2.05, 4.69) is 13.8 Å². The molecule has 5 heteroatoms. The van der Waals surface area contributed by atoms with Crippen LogP contribution < -0.4 is 5.73 Å². The fourth-order valence-corrected chi connectivity index (χ4v) is 1.96. The molecular weight excluding hydrogens is 228 g/mol. The predicted molar refractivity (Wildman–Crippen MR) is 66.7 cm³/mol. The third-order valence-corrected chi connectivity index (χ3v) is 2.80. The van der Waals surface area contributed by atoms with Gasteiger partial charge in [0.05, 0.1) is 5.54 Å². The fraction of sp³-hybridized carbons (Fsp3) is 0.909. The van der Waals surface area contributed by atoms with Gasteiger partial charge in [0, 0.05) is 26.8 Å². The van der Waals surface area contributed by atoms with Crippen LogP contribution in [-0.4, -0.2) is 43.2 Å². The van der Waals surface area contributed by atoms with Crippen LogP contribution in [0.25, 0.3) is 0 Å². The molecule has 1 amide bonds. The maximum absolute atomic E-state index is 12.1. The first-order valence-corrected chi connectivity index (χ1v) is 5.58. The molecule has 0 bridgehead atoms. The van der Waals surface area contributed by atoms with E-state index in [4.69, 9.17) is 10.5 Å². The summed E-state index contributed by atoms with van der Waals surface area (Å²) in [7, 11) is 1.83. The lowest BCUT2D eigenvalue weighted by Crippen LogP contribution is -2.57. The average molecular weight is 251 g/mol. The van der Waals surface area contributed by atoms with Gasteiger partial charge >= 0.3 is 0 Å². The summed E-state index contributed by atoms with van der Waals surface area (Å²) in [5, 5.41) is 0. The summed E-state index contributed by atoms with van der Waals surface area (Å²) >= 11 is 0. The lowest BCUT2D eigenvalue weighted by molar-refractivity contribution is -0.139. The van der Waals surface area contributed by atoms with E-state index in [9.17, 15) is 4.79 Å². The molecule has 1 heterocycles. The number of hydrogen-bond acceptors (Lipinski definition) is 3. The molecule has 96 valence electrons. The van der Waals surface area contributed by atoms with Crippen molar-refractivity contribution >= 4 is 18.3 Å². The quantitative estimate of drug-likeness (QED) is 0.814. The lowest BCUT2D eigenvalue weighted by Gasteiger charge is -2.35. The highest BCUT2D eigenvalue weighted by atomic mass is 35.5. The van der Waals surface area contributed by atoms with Crippen molar-refractivity contribution in [3.8, 4) is 0 Å². The Hall–Kier alpha value is -0.320. The fourth-order valence-electron chi connectivity index (χ4n) is 1.96. The second kappa shape index (κ2) is 6.42. The van der Waals surface area contributed by atoms with Gasteiger partial charge in [-0.05, 0) is 18.8 Å². The Bertz CT molecular complexity index is 228. The summed E-state index contributed by atoms with van der Waals surface area (Å²) in [6.07, 6.45) is 1.27. The maximum Gasteiger partial charge on any atom is 0.242 e. The smallest absolute Gasteiger partial charge is 0.242 e. The summed E-state index contributed by atoms with van der Waals surface area (Å²) in [6.45, 7) is 6.14. The number of rotatable bonds is 3. The van der Waals surface area contributed by atoms with E-state index >= 15 is 0 Å². The van der Waals surface area contributed by atoms with Crippen molar-refractivity contribution in [2.45, 2.75) is 32.2 Å². The molecule has 0 aromatic carbocycles. The van der Waals surface area contributed by atoms with E-state index in [-0.39, 0.29) is 18.3 Å². The van der Waals surface area contributed by atoms with Crippen molar-refractivity contribution in [1.82, 2.24) is 4.90 Å². The number of nitrogens with zero attached hydrogens (tertiary/aromatic N) is 1. The van der Waals surface area contributed by atoms with Gasteiger partial charge in [0.25, 0.3) is 0 Å². The molecule has 1 rings (SSSR count). The molecule has 4 nitrogen and oxygen atoms in total. The molecule has 0 radical (unpaired) electrons. The number of amides is 1. The Kier molecular flexibility index (Phi) is 6.30. The van der Waals surface area contributed by atoms with Gasteiger partial charge in [0.15, 0.2) is 0 Å². The van der Waals surface area contributed by atoms with Gasteiger partial charge in [-0.3, -0.25) is 4.79 Å². The summed E-state index contributed by atoms with van der Waals surface area (Å²) < 4.78 is 5.23. The molecule has 1 aliphatic rings. The van der Waals surface area contributed by atoms with E-state index < -0.39 is 5.54 Å². The molecule has 0 aromatic rings. The van der Waals surface area contributed by atoms with Crippen molar-refractivity contribution in [2.75, 3.05) is 26.8 Å². The summed E-state index contributed by atoms with van der Waals surface area (Å²) in [5.74, 6) is 0.530. The Morgan fingerprint density at radius 2 is 1.94 bits per heavy atom. The van der Waals surface area contributed by atoms with Crippen molar-refractivity contribution in [3.05, 3.63) is 0 Å². The standard InChI is InChI=1S/C11H22N2O2.ClH/c1-9(2)8-13(3)10(14)11(12)4-6-15-7-5-11;/h9H,4-8,12H2,1-3H3;1H. The third-order valence-electron chi connectivity index (χ3n) is 2.80. The number of carbonyl (C=O) groups is 1. The lowest BCUT2D eigenvalue weighted by atomic mass is 9.89. The first-order valence-electron chi connectivity index (χ1n) is 5.58. The van der Waals surface area contributed by atoms with Gasteiger partial charge in [-0.15, -0.1) is 12.4 Å². The summed E-state index contributed by atoms with van der Waals surface area (Å²) in [4.78, 5) is 13.8. The zero-order valence-corrected chi connectivity index (χ0v) is 11.2. The number of halogens is 1. The van der Waals surface area contributed by atoms with Crippen LogP contribution in [0.2, 0.25) is 0 Å². The zero-order chi connectivity index (χ0) is 11.5. The number of likely N-dealkylation sites (N-methyl/N-ethyl adjacent to an activating group) is 1. The monoisotopic (exact) mass is 250 g/mol. The van der Waals surface area contributed by atoms with Gasteiger partial charge in [-0.2, -0.15) is 0 Å². The van der Waals surface area contributed by atoms with Crippen LogP contribution in [0, 0.1) is 5.92 Å². The zero-order valence-electron chi connectivity index (χ0n) is 10.4. The molecule has 0 aliphatic carbocycles. The van der Waals surface area contributed by atoms with Crippen LogP contribution in [0.5, 0.6) is 0 Å². The van der Waals surface area contributed by atoms with Gasteiger partial charge in [0.1, 0.15) is 0 Å². The number of ether oxygens (including phenoxy) is 1. The Balaban J connectivity index is 0.00000225. The van der Waals surface area contributed by atoms with Gasteiger partial charge in [-0.25, -0.2) is 0 Å². The predicted octanol–water partition coefficient (Wildman–Crippen LogP) is 1.03. The second-order valence-electron chi connectivity index (χ2n) is 4.85. The Morgan fingerprint density at radius 1 is 1.44 bits per heavy atom. The van der Waals surface area contributed by atoms with Crippen molar-refractivity contribution in [2.24, 2.45) is 11.7 Å². The minimum Gasteiger partial charge on any atom is -0.381 e. The minimum atomic E-state index is -0.693. The highest BCUT2D eigenvalue weighted by Crippen LogP contribution is 2.20. The van der Waals surface area contributed by atoms with E-state index in [1.54, 1.807) is 4.90 Å². The third kappa shape index (κ3) is 3.92. The van der Waals surface area contributed by atoms with Crippen molar-refractivity contribution in [3.63, 3.8) is 0 Å². The van der Waals surface area contributed by atoms with Crippen LogP contribution >= 0.6 is 12.4 Å². The molecule has 0 unspecified atom stereocenters. The van der Waals surface area contributed by atoms with E-state index in [0.29, 0.717) is 32.0 Å². The molecule has 0 atom stereocenters. The Labute approximate surface area is 104 Å². The summed E-state index contributed by atoms with van der Waals surface area (Å²) in [6, 6.07) is 0. The maximum atomic E-state index is 12.1. The highest BCUT2D eigenvalue weighted by Gasteiger charge is 2.37. The SMILES string of the molecule is CC(C)CN(C)C(=O)C1(N)CCOCC1.Cl.